The van der Waals surface area contributed by atoms with Crippen LogP contribution in [0.2, 0.25) is 5.02 Å². The lowest BCUT2D eigenvalue weighted by Crippen LogP contribution is -2.01. The minimum Gasteiger partial charge on any atom is -0.384 e. The predicted octanol–water partition coefficient (Wildman–Crippen LogP) is 3.95. The molecule has 0 saturated heterocycles. The highest BCUT2D eigenvalue weighted by Gasteiger charge is 2.11. The SMILES string of the molecule is CCNc1c(C#N)cnc2c(Br)c(Cl)ccc12. The van der Waals surface area contributed by atoms with Gasteiger partial charge in [-0.2, -0.15) is 5.26 Å². The first kappa shape index (κ1) is 12.2. The zero-order valence-electron chi connectivity index (χ0n) is 9.09. The molecule has 1 aromatic heterocycles. The lowest BCUT2D eigenvalue weighted by molar-refractivity contribution is 1.21. The van der Waals surface area contributed by atoms with Gasteiger partial charge in [0.1, 0.15) is 6.07 Å². The predicted molar refractivity (Wildman–Crippen MR) is 73.3 cm³/mol. The van der Waals surface area contributed by atoms with Crippen LogP contribution in [0.5, 0.6) is 0 Å². The van der Waals surface area contributed by atoms with Crippen LogP contribution in [0.15, 0.2) is 22.8 Å². The summed E-state index contributed by atoms with van der Waals surface area (Å²) in [5.74, 6) is 0. The number of rotatable bonds is 2. The lowest BCUT2D eigenvalue weighted by Gasteiger charge is -2.10. The third-order valence-electron chi connectivity index (χ3n) is 2.40. The fourth-order valence-corrected chi connectivity index (χ4v) is 2.26. The van der Waals surface area contributed by atoms with E-state index in [1.807, 2.05) is 13.0 Å². The molecule has 0 spiro atoms. The highest BCUT2D eigenvalue weighted by molar-refractivity contribution is 9.10. The summed E-state index contributed by atoms with van der Waals surface area (Å²) in [6.07, 6.45) is 1.56. The summed E-state index contributed by atoms with van der Waals surface area (Å²) in [7, 11) is 0. The second-order valence-electron chi connectivity index (χ2n) is 3.45. The van der Waals surface area contributed by atoms with Crippen molar-refractivity contribution in [3.05, 3.63) is 33.4 Å². The van der Waals surface area contributed by atoms with Gasteiger partial charge in [-0.25, -0.2) is 0 Å². The van der Waals surface area contributed by atoms with Crippen LogP contribution in [-0.2, 0) is 0 Å². The number of benzene rings is 1. The molecule has 0 unspecified atom stereocenters. The second kappa shape index (κ2) is 4.91. The Hall–Kier alpha value is -1.31. The van der Waals surface area contributed by atoms with Crippen molar-refractivity contribution >= 4 is 44.1 Å². The molecule has 0 aliphatic carbocycles. The van der Waals surface area contributed by atoms with Crippen LogP contribution < -0.4 is 5.32 Å². The van der Waals surface area contributed by atoms with E-state index in [9.17, 15) is 0 Å². The van der Waals surface area contributed by atoms with E-state index in [1.54, 1.807) is 12.3 Å². The molecule has 0 saturated carbocycles. The van der Waals surface area contributed by atoms with Crippen LogP contribution in [-0.4, -0.2) is 11.5 Å². The fourth-order valence-electron chi connectivity index (χ4n) is 1.66. The van der Waals surface area contributed by atoms with Crippen molar-refractivity contribution < 1.29 is 0 Å². The Balaban J connectivity index is 2.82. The van der Waals surface area contributed by atoms with Crippen molar-refractivity contribution in [1.29, 1.82) is 5.26 Å². The molecule has 0 atom stereocenters. The van der Waals surface area contributed by atoms with Crippen molar-refractivity contribution in [2.24, 2.45) is 0 Å². The van der Waals surface area contributed by atoms with Gasteiger partial charge in [0, 0.05) is 18.1 Å². The van der Waals surface area contributed by atoms with Gasteiger partial charge in [0.05, 0.1) is 26.3 Å². The van der Waals surface area contributed by atoms with E-state index >= 15 is 0 Å². The zero-order valence-corrected chi connectivity index (χ0v) is 11.4. The van der Waals surface area contributed by atoms with E-state index in [1.165, 1.54) is 0 Å². The summed E-state index contributed by atoms with van der Waals surface area (Å²) in [6.45, 7) is 2.73. The third kappa shape index (κ3) is 2.08. The molecule has 17 heavy (non-hydrogen) atoms. The monoisotopic (exact) mass is 309 g/mol. The van der Waals surface area contributed by atoms with Gasteiger partial charge in [-0.1, -0.05) is 11.6 Å². The van der Waals surface area contributed by atoms with Crippen LogP contribution in [0.25, 0.3) is 10.9 Å². The fraction of sp³-hybridized carbons (Fsp3) is 0.167. The van der Waals surface area contributed by atoms with Crippen LogP contribution in [0.3, 0.4) is 0 Å². The Bertz CT molecular complexity index is 619. The molecule has 0 aliphatic rings. The van der Waals surface area contributed by atoms with Gasteiger partial charge in [0.15, 0.2) is 0 Å². The van der Waals surface area contributed by atoms with Gasteiger partial charge >= 0.3 is 0 Å². The number of halogens is 2. The summed E-state index contributed by atoms with van der Waals surface area (Å²) >= 11 is 9.43. The molecule has 2 rings (SSSR count). The molecular formula is C12H9BrClN3. The minimum atomic E-state index is 0.536. The highest BCUT2D eigenvalue weighted by atomic mass is 79.9. The van der Waals surface area contributed by atoms with Crippen molar-refractivity contribution in [3.63, 3.8) is 0 Å². The molecule has 5 heteroatoms. The van der Waals surface area contributed by atoms with Crippen LogP contribution in [0.1, 0.15) is 12.5 Å². The summed E-state index contributed by atoms with van der Waals surface area (Å²) in [5.41, 5.74) is 2.10. The summed E-state index contributed by atoms with van der Waals surface area (Å²) in [5, 5.41) is 13.8. The van der Waals surface area contributed by atoms with Gasteiger partial charge < -0.3 is 5.32 Å². The lowest BCUT2D eigenvalue weighted by atomic mass is 10.1. The first-order valence-corrected chi connectivity index (χ1v) is 6.26. The molecule has 0 amide bonds. The van der Waals surface area contributed by atoms with Gasteiger partial charge in [0.2, 0.25) is 0 Å². The number of nitrogens with zero attached hydrogens (tertiary/aromatic N) is 2. The second-order valence-corrected chi connectivity index (χ2v) is 4.65. The molecule has 0 fully saturated rings. The number of pyridine rings is 1. The molecule has 3 nitrogen and oxygen atoms in total. The number of hydrogen-bond acceptors (Lipinski definition) is 3. The number of fused-ring (bicyclic) bond motifs is 1. The molecule has 1 N–H and O–H groups in total. The summed E-state index contributed by atoms with van der Waals surface area (Å²) < 4.78 is 0.750. The van der Waals surface area contributed by atoms with Crippen molar-refractivity contribution in [2.45, 2.75) is 6.92 Å². The van der Waals surface area contributed by atoms with E-state index in [2.05, 4.69) is 32.3 Å². The van der Waals surface area contributed by atoms with Gasteiger partial charge in [0.25, 0.3) is 0 Å². The standard InChI is InChI=1S/C12H9BrClN3/c1-2-16-11-7(5-15)6-17-12-8(11)3-4-9(14)10(12)13/h3-4,6H,2H2,1H3,(H,16,17). The van der Waals surface area contributed by atoms with E-state index in [-0.39, 0.29) is 0 Å². The number of hydrogen-bond donors (Lipinski definition) is 1. The Morgan fingerprint density at radius 3 is 2.94 bits per heavy atom. The number of nitrogens with one attached hydrogen (secondary N) is 1. The Labute approximate surface area is 113 Å². The van der Waals surface area contributed by atoms with Crippen LogP contribution in [0.4, 0.5) is 5.69 Å². The average molecular weight is 311 g/mol. The van der Waals surface area contributed by atoms with Gasteiger partial charge in [-0.05, 0) is 35.0 Å². The van der Waals surface area contributed by atoms with Crippen LogP contribution >= 0.6 is 27.5 Å². The highest BCUT2D eigenvalue weighted by Crippen LogP contribution is 2.34. The van der Waals surface area contributed by atoms with Crippen molar-refractivity contribution in [3.8, 4) is 6.07 Å². The normalized spacial score (nSPS) is 10.2. The maximum atomic E-state index is 9.06. The molecule has 0 bridgehead atoms. The Morgan fingerprint density at radius 2 is 2.29 bits per heavy atom. The summed E-state index contributed by atoms with van der Waals surface area (Å²) in [4.78, 5) is 4.26. The first-order valence-electron chi connectivity index (χ1n) is 5.09. The van der Waals surface area contributed by atoms with E-state index in [0.717, 1.165) is 27.6 Å². The first-order chi connectivity index (χ1) is 8.19. The van der Waals surface area contributed by atoms with Crippen molar-refractivity contribution in [1.82, 2.24) is 4.98 Å². The molecule has 0 radical (unpaired) electrons. The molecule has 0 aliphatic heterocycles. The van der Waals surface area contributed by atoms with Crippen molar-refractivity contribution in [2.75, 3.05) is 11.9 Å². The Morgan fingerprint density at radius 1 is 1.53 bits per heavy atom. The van der Waals surface area contributed by atoms with E-state index < -0.39 is 0 Å². The molecule has 1 aromatic carbocycles. The van der Waals surface area contributed by atoms with E-state index in [4.69, 9.17) is 16.9 Å². The average Bonchev–Trinajstić information content (AvgIpc) is 2.34. The maximum absolute atomic E-state index is 9.06. The largest absolute Gasteiger partial charge is 0.384 e. The minimum absolute atomic E-state index is 0.536. The molecule has 86 valence electrons. The smallest absolute Gasteiger partial charge is 0.103 e. The molecule has 2 aromatic rings. The van der Waals surface area contributed by atoms with E-state index in [0.29, 0.717) is 10.6 Å². The maximum Gasteiger partial charge on any atom is 0.103 e. The van der Waals surface area contributed by atoms with Crippen LogP contribution in [0, 0.1) is 11.3 Å². The van der Waals surface area contributed by atoms with Gasteiger partial charge in [-0.3, -0.25) is 4.98 Å². The van der Waals surface area contributed by atoms with Gasteiger partial charge in [-0.15, -0.1) is 0 Å². The summed E-state index contributed by atoms with van der Waals surface area (Å²) in [6, 6.07) is 5.79. The molecular weight excluding hydrogens is 302 g/mol. The molecule has 1 heterocycles. The number of nitriles is 1. The number of aromatic nitrogens is 1. The zero-order chi connectivity index (χ0) is 12.4. The number of anilines is 1. The Kier molecular flexibility index (Phi) is 3.51. The topological polar surface area (TPSA) is 48.7 Å². The third-order valence-corrected chi connectivity index (χ3v) is 3.75. The quantitative estimate of drug-likeness (QED) is 0.913.